The van der Waals surface area contributed by atoms with Crippen LogP contribution in [0, 0.1) is 13.8 Å². The molecule has 0 unspecified atom stereocenters. The van der Waals surface area contributed by atoms with E-state index in [1.54, 1.807) is 42.2 Å². The van der Waals surface area contributed by atoms with Crippen LogP contribution in [0.5, 0.6) is 0 Å². The van der Waals surface area contributed by atoms with E-state index >= 15 is 0 Å². The van der Waals surface area contributed by atoms with Crippen LogP contribution in [0.2, 0.25) is 0 Å². The Morgan fingerprint density at radius 2 is 1.71 bits per heavy atom. The summed E-state index contributed by atoms with van der Waals surface area (Å²) in [6, 6.07) is 8.36. The molecule has 0 spiro atoms. The van der Waals surface area contributed by atoms with E-state index < -0.39 is 10.0 Å². The number of aryl methyl sites for hydroxylation is 2. The van der Waals surface area contributed by atoms with E-state index in [2.05, 4.69) is 5.16 Å². The molecule has 1 saturated heterocycles. The van der Waals surface area contributed by atoms with E-state index in [-0.39, 0.29) is 29.7 Å². The van der Waals surface area contributed by atoms with Crippen molar-refractivity contribution in [3.63, 3.8) is 0 Å². The van der Waals surface area contributed by atoms with Gasteiger partial charge in [0.25, 0.3) is 5.91 Å². The topological polar surface area (TPSA) is 83.7 Å². The Balaban J connectivity index is 1.68. The summed E-state index contributed by atoms with van der Waals surface area (Å²) in [7, 11) is -3.53. The minimum absolute atomic E-state index is 0.183. The molecule has 1 aromatic heterocycles. The molecule has 0 atom stereocenters. The van der Waals surface area contributed by atoms with E-state index in [1.165, 1.54) is 4.31 Å². The quantitative estimate of drug-likeness (QED) is 0.837. The lowest BCUT2D eigenvalue weighted by Gasteiger charge is -2.33. The second kappa shape index (κ2) is 6.37. The Morgan fingerprint density at radius 3 is 2.25 bits per heavy atom. The second-order valence-corrected chi connectivity index (χ2v) is 7.78. The van der Waals surface area contributed by atoms with Gasteiger partial charge in [-0.05, 0) is 26.0 Å². The summed E-state index contributed by atoms with van der Waals surface area (Å²) in [5.74, 6) is -0.0784. The Bertz CT molecular complexity index is 834. The lowest BCUT2D eigenvalue weighted by Crippen LogP contribution is -2.50. The monoisotopic (exact) mass is 349 g/mol. The highest BCUT2D eigenvalue weighted by Crippen LogP contribution is 2.19. The summed E-state index contributed by atoms with van der Waals surface area (Å²) in [5, 5.41) is 3.70. The summed E-state index contributed by atoms with van der Waals surface area (Å²) in [6.45, 7) is 4.82. The number of benzene rings is 1. The molecule has 1 aromatic carbocycles. The molecule has 1 aliphatic rings. The van der Waals surface area contributed by atoms with E-state index in [1.807, 2.05) is 6.92 Å². The van der Waals surface area contributed by atoms with Crippen molar-refractivity contribution in [1.29, 1.82) is 0 Å². The predicted octanol–water partition coefficient (Wildman–Crippen LogP) is 1.44. The first-order valence-electron chi connectivity index (χ1n) is 7.67. The molecule has 0 bridgehead atoms. The molecule has 24 heavy (non-hydrogen) atoms. The first-order valence-corrected chi connectivity index (χ1v) is 9.11. The number of aromatic nitrogens is 1. The fourth-order valence-electron chi connectivity index (χ4n) is 2.61. The standard InChI is InChI=1S/C16H19N3O4S/c1-12-3-5-14(6-4-12)24(21,22)19-9-7-18(8-10-19)16(20)15-11-13(2)17-23-15/h3-6,11H,7-10H2,1-2H3. The van der Waals surface area contributed by atoms with Crippen molar-refractivity contribution in [2.75, 3.05) is 26.2 Å². The van der Waals surface area contributed by atoms with Gasteiger partial charge in [-0.25, -0.2) is 8.42 Å². The molecule has 0 N–H and O–H groups in total. The molecular weight excluding hydrogens is 330 g/mol. The van der Waals surface area contributed by atoms with Crippen LogP contribution in [0.1, 0.15) is 21.8 Å². The fraction of sp³-hybridized carbons (Fsp3) is 0.375. The van der Waals surface area contributed by atoms with E-state index in [4.69, 9.17) is 4.52 Å². The lowest BCUT2D eigenvalue weighted by molar-refractivity contribution is 0.0656. The van der Waals surface area contributed by atoms with Crippen molar-refractivity contribution in [2.24, 2.45) is 0 Å². The number of rotatable bonds is 3. The molecule has 3 rings (SSSR count). The van der Waals surface area contributed by atoms with Crippen molar-refractivity contribution in [3.05, 3.63) is 47.3 Å². The SMILES string of the molecule is Cc1ccc(S(=O)(=O)N2CCN(C(=O)c3cc(C)no3)CC2)cc1. The summed E-state index contributed by atoms with van der Waals surface area (Å²) >= 11 is 0. The normalized spacial score (nSPS) is 16.3. The minimum atomic E-state index is -3.53. The van der Waals surface area contributed by atoms with Gasteiger partial charge in [0.15, 0.2) is 0 Å². The van der Waals surface area contributed by atoms with Crippen molar-refractivity contribution < 1.29 is 17.7 Å². The number of hydrogen-bond acceptors (Lipinski definition) is 5. The van der Waals surface area contributed by atoms with Crippen LogP contribution >= 0.6 is 0 Å². The highest BCUT2D eigenvalue weighted by molar-refractivity contribution is 7.89. The first-order chi connectivity index (χ1) is 11.4. The Labute approximate surface area is 140 Å². The number of carbonyl (C=O) groups is 1. The van der Waals surface area contributed by atoms with Crippen LogP contribution in [-0.4, -0.2) is 54.9 Å². The Hall–Kier alpha value is -2.19. The molecule has 128 valence electrons. The molecule has 1 fully saturated rings. The Morgan fingerprint density at radius 1 is 1.08 bits per heavy atom. The van der Waals surface area contributed by atoms with Gasteiger partial charge in [0.05, 0.1) is 10.6 Å². The molecule has 0 aliphatic carbocycles. The van der Waals surface area contributed by atoms with Gasteiger partial charge in [-0.15, -0.1) is 0 Å². The zero-order valence-corrected chi connectivity index (χ0v) is 14.4. The van der Waals surface area contributed by atoms with Gasteiger partial charge in [0.2, 0.25) is 15.8 Å². The zero-order chi connectivity index (χ0) is 17.3. The molecule has 2 heterocycles. The van der Waals surface area contributed by atoms with Crippen molar-refractivity contribution in [2.45, 2.75) is 18.7 Å². The predicted molar refractivity (Wildman–Crippen MR) is 87.1 cm³/mol. The van der Waals surface area contributed by atoms with E-state index in [0.29, 0.717) is 18.8 Å². The average Bonchev–Trinajstić information content (AvgIpc) is 3.01. The summed E-state index contributed by atoms with van der Waals surface area (Å²) in [4.78, 5) is 14.2. The van der Waals surface area contributed by atoms with Crippen LogP contribution in [0.15, 0.2) is 39.8 Å². The smallest absolute Gasteiger partial charge is 0.292 e. The first kappa shape index (κ1) is 16.7. The lowest BCUT2D eigenvalue weighted by atomic mass is 10.2. The number of sulfonamides is 1. The van der Waals surface area contributed by atoms with E-state index in [9.17, 15) is 13.2 Å². The van der Waals surface area contributed by atoms with Crippen LogP contribution in [0.4, 0.5) is 0 Å². The van der Waals surface area contributed by atoms with Crippen molar-refractivity contribution >= 4 is 15.9 Å². The maximum atomic E-state index is 12.6. The van der Waals surface area contributed by atoms with Gasteiger partial charge >= 0.3 is 0 Å². The minimum Gasteiger partial charge on any atom is -0.351 e. The molecule has 2 aromatic rings. The maximum absolute atomic E-state index is 12.6. The molecule has 1 amide bonds. The fourth-order valence-corrected chi connectivity index (χ4v) is 4.03. The third kappa shape index (κ3) is 3.20. The largest absolute Gasteiger partial charge is 0.351 e. The highest BCUT2D eigenvalue weighted by Gasteiger charge is 2.31. The summed E-state index contributed by atoms with van der Waals surface area (Å²) < 4.78 is 31.7. The summed E-state index contributed by atoms with van der Waals surface area (Å²) in [5.41, 5.74) is 1.64. The third-order valence-corrected chi connectivity index (χ3v) is 5.94. The van der Waals surface area contributed by atoms with Crippen LogP contribution in [0.25, 0.3) is 0 Å². The Kier molecular flexibility index (Phi) is 4.42. The molecule has 7 nitrogen and oxygen atoms in total. The van der Waals surface area contributed by atoms with Gasteiger partial charge < -0.3 is 9.42 Å². The van der Waals surface area contributed by atoms with Gasteiger partial charge in [0, 0.05) is 32.2 Å². The second-order valence-electron chi connectivity index (χ2n) is 5.84. The number of amides is 1. The van der Waals surface area contributed by atoms with Crippen LogP contribution in [-0.2, 0) is 10.0 Å². The molecule has 8 heteroatoms. The van der Waals surface area contributed by atoms with Gasteiger partial charge in [-0.1, -0.05) is 22.9 Å². The average molecular weight is 349 g/mol. The molecule has 0 saturated carbocycles. The number of piperazine rings is 1. The molecular formula is C16H19N3O4S. The van der Waals surface area contributed by atoms with Gasteiger partial charge in [0.1, 0.15) is 0 Å². The van der Waals surface area contributed by atoms with Crippen LogP contribution in [0.3, 0.4) is 0 Å². The van der Waals surface area contributed by atoms with Crippen molar-refractivity contribution in [3.8, 4) is 0 Å². The highest BCUT2D eigenvalue weighted by atomic mass is 32.2. The number of carbonyl (C=O) groups excluding carboxylic acids is 1. The number of hydrogen-bond donors (Lipinski definition) is 0. The maximum Gasteiger partial charge on any atom is 0.292 e. The molecule has 0 radical (unpaired) electrons. The van der Waals surface area contributed by atoms with Crippen molar-refractivity contribution in [1.82, 2.24) is 14.4 Å². The van der Waals surface area contributed by atoms with E-state index in [0.717, 1.165) is 5.56 Å². The van der Waals surface area contributed by atoms with Gasteiger partial charge in [-0.3, -0.25) is 4.79 Å². The molecule has 1 aliphatic heterocycles. The van der Waals surface area contributed by atoms with Crippen LogP contribution < -0.4 is 0 Å². The summed E-state index contributed by atoms with van der Waals surface area (Å²) in [6.07, 6.45) is 0. The van der Waals surface area contributed by atoms with Gasteiger partial charge in [-0.2, -0.15) is 4.31 Å². The third-order valence-electron chi connectivity index (χ3n) is 4.02. The zero-order valence-electron chi connectivity index (χ0n) is 13.6. The number of nitrogens with zero attached hydrogens (tertiary/aromatic N) is 3.